The molecule has 4 aromatic rings. The fourth-order valence-electron chi connectivity index (χ4n) is 3.58. The van der Waals surface area contributed by atoms with Gasteiger partial charge in [-0.3, -0.25) is 0 Å². The predicted molar refractivity (Wildman–Crippen MR) is 108 cm³/mol. The molecule has 0 saturated carbocycles. The number of rotatable bonds is 4. The summed E-state index contributed by atoms with van der Waals surface area (Å²) in [7, 11) is 0. The standard InChI is InChI=1S/C22H15NO4S/c1-28-17-10-15-19(22(25)27-21(15)24)18-14-9-13(7-8-16(14)23-20(17)18)26-11-12-5-3-2-4-6-12/h2-10,23H,11H2,1H3. The molecule has 0 unspecified atom stereocenters. The molecule has 0 fully saturated rings. The Bertz CT molecular complexity index is 1260. The van der Waals surface area contributed by atoms with Gasteiger partial charge < -0.3 is 14.5 Å². The Morgan fingerprint density at radius 3 is 2.64 bits per heavy atom. The molecule has 0 atom stereocenters. The van der Waals surface area contributed by atoms with Crippen molar-refractivity contribution in [1.29, 1.82) is 0 Å². The van der Waals surface area contributed by atoms with Crippen LogP contribution in [0.2, 0.25) is 0 Å². The minimum atomic E-state index is -0.603. The van der Waals surface area contributed by atoms with Crippen LogP contribution in [-0.4, -0.2) is 23.2 Å². The number of aromatic nitrogens is 1. The average molecular weight is 389 g/mol. The molecule has 1 aliphatic rings. The molecule has 0 aliphatic carbocycles. The number of benzene rings is 3. The van der Waals surface area contributed by atoms with Gasteiger partial charge in [0.2, 0.25) is 0 Å². The SMILES string of the molecule is CSc1cc2c(c3c1[nH]c1ccc(OCc4ccccc4)cc13)C(=O)OC2=O. The second kappa shape index (κ2) is 6.42. The minimum absolute atomic E-state index is 0.318. The highest BCUT2D eigenvalue weighted by molar-refractivity contribution is 7.98. The van der Waals surface area contributed by atoms with E-state index in [1.54, 1.807) is 6.07 Å². The molecule has 1 aromatic heterocycles. The first-order valence-electron chi connectivity index (χ1n) is 8.75. The first-order valence-corrected chi connectivity index (χ1v) is 9.98. The highest BCUT2D eigenvalue weighted by Gasteiger charge is 2.34. The van der Waals surface area contributed by atoms with Crippen LogP contribution in [0.15, 0.2) is 59.5 Å². The lowest BCUT2D eigenvalue weighted by Gasteiger charge is -2.07. The molecule has 3 aromatic carbocycles. The van der Waals surface area contributed by atoms with E-state index in [-0.39, 0.29) is 0 Å². The molecule has 138 valence electrons. The summed E-state index contributed by atoms with van der Waals surface area (Å²) in [6, 6.07) is 17.3. The van der Waals surface area contributed by atoms with E-state index in [1.807, 2.05) is 54.8 Å². The number of hydrogen-bond donors (Lipinski definition) is 1. The molecule has 2 heterocycles. The van der Waals surface area contributed by atoms with Gasteiger partial charge in [0, 0.05) is 21.2 Å². The summed E-state index contributed by atoms with van der Waals surface area (Å²) in [5.74, 6) is -0.504. The predicted octanol–water partition coefficient (Wildman–Crippen LogP) is 4.93. The van der Waals surface area contributed by atoms with E-state index in [2.05, 4.69) is 4.98 Å². The van der Waals surface area contributed by atoms with Crippen molar-refractivity contribution in [1.82, 2.24) is 4.98 Å². The van der Waals surface area contributed by atoms with Crippen LogP contribution in [0, 0.1) is 0 Å². The van der Waals surface area contributed by atoms with Gasteiger partial charge in [-0.05, 0) is 36.1 Å². The molecule has 0 radical (unpaired) electrons. The smallest absolute Gasteiger partial charge is 0.347 e. The van der Waals surface area contributed by atoms with E-state index in [1.165, 1.54) is 11.8 Å². The van der Waals surface area contributed by atoms with E-state index in [4.69, 9.17) is 9.47 Å². The summed E-state index contributed by atoms with van der Waals surface area (Å²) in [5.41, 5.74) is 3.41. The molecule has 5 nitrogen and oxygen atoms in total. The number of nitrogens with one attached hydrogen (secondary N) is 1. The Labute approximate surface area is 164 Å². The normalized spacial score (nSPS) is 13.2. The molecule has 0 spiro atoms. The number of carbonyl (C=O) groups excluding carboxylic acids is 2. The molecule has 6 heteroatoms. The molecular formula is C22H15NO4S. The number of carbonyl (C=O) groups is 2. The largest absolute Gasteiger partial charge is 0.489 e. The summed E-state index contributed by atoms with van der Waals surface area (Å²) >= 11 is 1.51. The van der Waals surface area contributed by atoms with Gasteiger partial charge in [-0.25, -0.2) is 9.59 Å². The third kappa shape index (κ3) is 2.57. The van der Waals surface area contributed by atoms with Crippen LogP contribution in [0.4, 0.5) is 0 Å². The van der Waals surface area contributed by atoms with Crippen molar-refractivity contribution in [3.63, 3.8) is 0 Å². The lowest BCUT2D eigenvalue weighted by atomic mass is 10.0. The van der Waals surface area contributed by atoms with Gasteiger partial charge >= 0.3 is 11.9 Å². The molecule has 0 bridgehead atoms. The van der Waals surface area contributed by atoms with Crippen LogP contribution in [-0.2, 0) is 11.3 Å². The van der Waals surface area contributed by atoms with Gasteiger partial charge in [-0.2, -0.15) is 0 Å². The van der Waals surface area contributed by atoms with Crippen LogP contribution >= 0.6 is 11.8 Å². The maximum Gasteiger partial charge on any atom is 0.347 e. The van der Waals surface area contributed by atoms with E-state index in [0.29, 0.717) is 28.9 Å². The highest BCUT2D eigenvalue weighted by atomic mass is 32.2. The van der Waals surface area contributed by atoms with Crippen LogP contribution in [0.1, 0.15) is 26.3 Å². The van der Waals surface area contributed by atoms with Crippen molar-refractivity contribution in [2.45, 2.75) is 11.5 Å². The topological polar surface area (TPSA) is 68.4 Å². The number of hydrogen-bond acceptors (Lipinski definition) is 5. The maximum atomic E-state index is 12.3. The summed E-state index contributed by atoms with van der Waals surface area (Å²) in [6.45, 7) is 0.448. The van der Waals surface area contributed by atoms with Crippen molar-refractivity contribution in [2.75, 3.05) is 6.26 Å². The van der Waals surface area contributed by atoms with Gasteiger partial charge in [0.25, 0.3) is 0 Å². The average Bonchev–Trinajstić information content (AvgIpc) is 3.23. The lowest BCUT2D eigenvalue weighted by molar-refractivity contribution is 0.0444. The monoisotopic (exact) mass is 389 g/mol. The molecule has 5 rings (SSSR count). The van der Waals surface area contributed by atoms with Crippen molar-refractivity contribution in [2.24, 2.45) is 0 Å². The first-order chi connectivity index (χ1) is 13.7. The Kier molecular flexibility index (Phi) is 3.87. The summed E-state index contributed by atoms with van der Waals surface area (Å²) in [6.07, 6.45) is 1.93. The zero-order valence-electron chi connectivity index (χ0n) is 14.9. The second-order valence-electron chi connectivity index (χ2n) is 6.54. The number of fused-ring (bicyclic) bond motifs is 5. The van der Waals surface area contributed by atoms with Crippen molar-refractivity contribution >= 4 is 45.5 Å². The van der Waals surface area contributed by atoms with Gasteiger partial charge in [0.1, 0.15) is 12.4 Å². The van der Waals surface area contributed by atoms with Gasteiger partial charge in [-0.1, -0.05) is 30.3 Å². The quantitative estimate of drug-likeness (QED) is 0.304. The summed E-state index contributed by atoms with van der Waals surface area (Å²) in [5, 5.41) is 1.54. The van der Waals surface area contributed by atoms with Crippen molar-refractivity contribution in [3.05, 3.63) is 71.3 Å². The molecule has 28 heavy (non-hydrogen) atoms. The van der Waals surface area contributed by atoms with E-state index >= 15 is 0 Å². The summed E-state index contributed by atoms with van der Waals surface area (Å²) in [4.78, 5) is 28.7. The third-order valence-electron chi connectivity index (χ3n) is 4.89. The van der Waals surface area contributed by atoms with Gasteiger partial charge in [0.15, 0.2) is 0 Å². The molecule has 0 amide bonds. The molecule has 0 saturated heterocycles. The van der Waals surface area contributed by atoms with Gasteiger partial charge in [0.05, 0.1) is 16.6 Å². The van der Waals surface area contributed by atoms with Crippen molar-refractivity contribution in [3.8, 4) is 5.75 Å². The number of aromatic amines is 1. The minimum Gasteiger partial charge on any atom is -0.489 e. The Morgan fingerprint density at radius 2 is 1.86 bits per heavy atom. The van der Waals surface area contributed by atoms with Crippen LogP contribution < -0.4 is 4.74 Å². The zero-order valence-corrected chi connectivity index (χ0v) is 15.8. The second-order valence-corrected chi connectivity index (χ2v) is 7.38. The van der Waals surface area contributed by atoms with Crippen LogP contribution in [0.5, 0.6) is 5.75 Å². The Hall–Kier alpha value is -3.25. The van der Waals surface area contributed by atoms with Gasteiger partial charge in [-0.15, -0.1) is 11.8 Å². The third-order valence-corrected chi connectivity index (χ3v) is 5.65. The number of cyclic esters (lactones) is 2. The first kappa shape index (κ1) is 16.9. The zero-order chi connectivity index (χ0) is 19.3. The van der Waals surface area contributed by atoms with E-state index in [9.17, 15) is 9.59 Å². The Morgan fingerprint density at radius 1 is 1.04 bits per heavy atom. The molecule has 1 N–H and O–H groups in total. The van der Waals surface area contributed by atoms with Crippen LogP contribution in [0.25, 0.3) is 21.8 Å². The number of thioether (sulfide) groups is 1. The fourth-order valence-corrected chi connectivity index (χ4v) is 4.17. The molecule has 1 aliphatic heterocycles. The Balaban J connectivity index is 1.67. The van der Waals surface area contributed by atoms with E-state index < -0.39 is 11.9 Å². The highest BCUT2D eigenvalue weighted by Crippen LogP contribution is 2.40. The number of esters is 2. The molecular weight excluding hydrogens is 374 g/mol. The van der Waals surface area contributed by atoms with E-state index in [0.717, 1.165) is 26.9 Å². The fraction of sp³-hybridized carbons (Fsp3) is 0.0909. The lowest BCUT2D eigenvalue weighted by Crippen LogP contribution is -1.97. The number of H-pyrrole nitrogens is 1. The van der Waals surface area contributed by atoms with Crippen LogP contribution in [0.3, 0.4) is 0 Å². The number of ether oxygens (including phenoxy) is 2. The summed E-state index contributed by atoms with van der Waals surface area (Å²) < 4.78 is 10.8. The van der Waals surface area contributed by atoms with Crippen molar-refractivity contribution < 1.29 is 19.1 Å². The maximum absolute atomic E-state index is 12.3.